The molecule has 1 atom stereocenters. The monoisotopic (exact) mass is 270 g/mol. The predicted molar refractivity (Wildman–Crippen MR) is 77.7 cm³/mol. The highest BCUT2D eigenvalue weighted by Gasteiger charge is 2.28. The normalized spacial score (nSPS) is 16.4. The summed E-state index contributed by atoms with van der Waals surface area (Å²) in [5.41, 5.74) is 1.80. The minimum absolute atomic E-state index is 0.0436. The molecule has 20 heavy (non-hydrogen) atoms. The van der Waals surface area contributed by atoms with Crippen LogP contribution in [0.15, 0.2) is 42.7 Å². The van der Waals surface area contributed by atoms with Crippen molar-refractivity contribution in [3.63, 3.8) is 0 Å². The Kier molecular flexibility index (Phi) is 3.52. The predicted octanol–water partition coefficient (Wildman–Crippen LogP) is 1.67. The lowest BCUT2D eigenvalue weighted by Crippen LogP contribution is -2.48. The molecule has 1 aromatic heterocycles. The SMILES string of the molecule is CC(C(=O)Nc1ccc(-n2cccn2)cc1)C1CNC1. The van der Waals surface area contributed by atoms with Crippen molar-refractivity contribution in [3.8, 4) is 5.69 Å². The smallest absolute Gasteiger partial charge is 0.227 e. The molecule has 104 valence electrons. The number of hydrogen-bond donors (Lipinski definition) is 2. The maximum Gasteiger partial charge on any atom is 0.227 e. The maximum absolute atomic E-state index is 12.1. The lowest BCUT2D eigenvalue weighted by Gasteiger charge is -2.31. The van der Waals surface area contributed by atoms with Crippen molar-refractivity contribution >= 4 is 11.6 Å². The molecule has 3 rings (SSSR count). The van der Waals surface area contributed by atoms with Gasteiger partial charge in [0.15, 0.2) is 0 Å². The number of hydrogen-bond acceptors (Lipinski definition) is 3. The molecular formula is C15H18N4O. The van der Waals surface area contributed by atoms with Crippen molar-refractivity contribution in [3.05, 3.63) is 42.7 Å². The van der Waals surface area contributed by atoms with E-state index >= 15 is 0 Å². The highest BCUT2D eigenvalue weighted by atomic mass is 16.1. The van der Waals surface area contributed by atoms with E-state index in [0.717, 1.165) is 24.5 Å². The Morgan fingerprint density at radius 2 is 2.15 bits per heavy atom. The first-order valence-corrected chi connectivity index (χ1v) is 6.86. The van der Waals surface area contributed by atoms with Crippen LogP contribution in [0.4, 0.5) is 5.69 Å². The van der Waals surface area contributed by atoms with Crippen LogP contribution in [0.2, 0.25) is 0 Å². The van der Waals surface area contributed by atoms with Gasteiger partial charge in [-0.1, -0.05) is 6.92 Å². The highest BCUT2D eigenvalue weighted by molar-refractivity contribution is 5.92. The Hall–Kier alpha value is -2.14. The van der Waals surface area contributed by atoms with E-state index in [9.17, 15) is 4.79 Å². The summed E-state index contributed by atoms with van der Waals surface area (Å²) in [4.78, 5) is 12.1. The molecule has 1 unspecified atom stereocenters. The summed E-state index contributed by atoms with van der Waals surface area (Å²) in [6.45, 7) is 3.86. The van der Waals surface area contributed by atoms with Gasteiger partial charge in [0.2, 0.25) is 5.91 Å². The fourth-order valence-corrected chi connectivity index (χ4v) is 2.25. The van der Waals surface area contributed by atoms with Gasteiger partial charge in [-0.15, -0.1) is 0 Å². The van der Waals surface area contributed by atoms with E-state index in [1.54, 1.807) is 10.9 Å². The van der Waals surface area contributed by atoms with Crippen LogP contribution in [0.1, 0.15) is 6.92 Å². The third kappa shape index (κ3) is 2.58. The van der Waals surface area contributed by atoms with Crippen molar-refractivity contribution in [1.29, 1.82) is 0 Å². The van der Waals surface area contributed by atoms with E-state index in [1.807, 2.05) is 43.5 Å². The zero-order valence-electron chi connectivity index (χ0n) is 11.4. The fraction of sp³-hybridized carbons (Fsp3) is 0.333. The Bertz CT molecular complexity index is 572. The van der Waals surface area contributed by atoms with Crippen LogP contribution < -0.4 is 10.6 Å². The largest absolute Gasteiger partial charge is 0.326 e. The van der Waals surface area contributed by atoms with Crippen LogP contribution in [-0.2, 0) is 4.79 Å². The molecular weight excluding hydrogens is 252 g/mol. The second kappa shape index (κ2) is 5.46. The molecule has 1 aromatic carbocycles. The van der Waals surface area contributed by atoms with Crippen molar-refractivity contribution < 1.29 is 4.79 Å². The van der Waals surface area contributed by atoms with Crippen LogP contribution in [0.5, 0.6) is 0 Å². The Balaban J connectivity index is 1.64. The van der Waals surface area contributed by atoms with Gasteiger partial charge in [0, 0.05) is 24.0 Å². The fourth-order valence-electron chi connectivity index (χ4n) is 2.25. The number of benzene rings is 1. The average molecular weight is 270 g/mol. The molecule has 1 aliphatic rings. The zero-order chi connectivity index (χ0) is 13.9. The Morgan fingerprint density at radius 1 is 1.40 bits per heavy atom. The van der Waals surface area contributed by atoms with Gasteiger partial charge in [-0.2, -0.15) is 5.10 Å². The number of aromatic nitrogens is 2. The average Bonchev–Trinajstić information content (AvgIpc) is 2.91. The third-order valence-electron chi connectivity index (χ3n) is 3.84. The summed E-state index contributed by atoms with van der Waals surface area (Å²) < 4.78 is 1.79. The first-order chi connectivity index (χ1) is 9.74. The van der Waals surface area contributed by atoms with Gasteiger partial charge in [-0.05, 0) is 49.3 Å². The molecule has 1 aliphatic heterocycles. The molecule has 0 aliphatic carbocycles. The molecule has 1 amide bonds. The van der Waals surface area contributed by atoms with Gasteiger partial charge in [0.25, 0.3) is 0 Å². The van der Waals surface area contributed by atoms with E-state index in [2.05, 4.69) is 15.7 Å². The van der Waals surface area contributed by atoms with E-state index < -0.39 is 0 Å². The van der Waals surface area contributed by atoms with Crippen LogP contribution >= 0.6 is 0 Å². The molecule has 0 saturated carbocycles. The van der Waals surface area contributed by atoms with Crippen LogP contribution in [0.25, 0.3) is 5.69 Å². The van der Waals surface area contributed by atoms with Gasteiger partial charge in [0.1, 0.15) is 0 Å². The first-order valence-electron chi connectivity index (χ1n) is 6.86. The van der Waals surface area contributed by atoms with Crippen molar-refractivity contribution in [2.45, 2.75) is 6.92 Å². The minimum atomic E-state index is 0.0436. The molecule has 1 saturated heterocycles. The molecule has 0 radical (unpaired) electrons. The van der Waals surface area contributed by atoms with Gasteiger partial charge in [-0.3, -0.25) is 4.79 Å². The number of nitrogens with zero attached hydrogens (tertiary/aromatic N) is 2. The van der Waals surface area contributed by atoms with Gasteiger partial charge in [-0.25, -0.2) is 4.68 Å². The van der Waals surface area contributed by atoms with Gasteiger partial charge in [0.05, 0.1) is 5.69 Å². The standard InChI is InChI=1S/C15H18N4O/c1-11(12-9-16-10-12)15(20)18-13-3-5-14(6-4-13)19-8-2-7-17-19/h2-8,11-12,16H,9-10H2,1H3,(H,18,20). The number of nitrogens with one attached hydrogen (secondary N) is 2. The second-order valence-corrected chi connectivity index (χ2v) is 5.19. The van der Waals surface area contributed by atoms with Crippen LogP contribution in [-0.4, -0.2) is 28.8 Å². The van der Waals surface area contributed by atoms with Crippen molar-refractivity contribution in [2.75, 3.05) is 18.4 Å². The number of carbonyl (C=O) groups is 1. The second-order valence-electron chi connectivity index (χ2n) is 5.19. The third-order valence-corrected chi connectivity index (χ3v) is 3.84. The summed E-state index contributed by atoms with van der Waals surface area (Å²) in [6.07, 6.45) is 3.63. The quantitative estimate of drug-likeness (QED) is 0.888. The zero-order valence-corrected chi connectivity index (χ0v) is 11.4. The summed E-state index contributed by atoms with van der Waals surface area (Å²) in [5, 5.41) is 10.3. The van der Waals surface area contributed by atoms with E-state index in [4.69, 9.17) is 0 Å². The van der Waals surface area contributed by atoms with Gasteiger partial charge < -0.3 is 10.6 Å². The summed E-state index contributed by atoms with van der Waals surface area (Å²) in [5.74, 6) is 0.587. The van der Waals surface area contributed by atoms with Crippen LogP contribution in [0.3, 0.4) is 0 Å². The van der Waals surface area contributed by atoms with Crippen LogP contribution in [0, 0.1) is 11.8 Å². The minimum Gasteiger partial charge on any atom is -0.326 e. The molecule has 0 spiro atoms. The molecule has 0 bridgehead atoms. The number of amides is 1. The summed E-state index contributed by atoms with van der Waals surface area (Å²) in [7, 11) is 0. The summed E-state index contributed by atoms with van der Waals surface area (Å²) in [6, 6.07) is 9.57. The molecule has 2 N–H and O–H groups in total. The highest BCUT2D eigenvalue weighted by Crippen LogP contribution is 2.19. The van der Waals surface area contributed by atoms with Crippen molar-refractivity contribution in [1.82, 2.24) is 15.1 Å². The Labute approximate surface area is 118 Å². The summed E-state index contributed by atoms with van der Waals surface area (Å²) >= 11 is 0. The van der Waals surface area contributed by atoms with E-state index in [1.165, 1.54) is 0 Å². The Morgan fingerprint density at radius 3 is 2.70 bits per heavy atom. The molecule has 2 heterocycles. The first kappa shape index (κ1) is 12.9. The number of anilines is 1. The molecule has 1 fully saturated rings. The van der Waals surface area contributed by atoms with Gasteiger partial charge >= 0.3 is 0 Å². The van der Waals surface area contributed by atoms with E-state index in [-0.39, 0.29) is 11.8 Å². The number of carbonyl (C=O) groups excluding carboxylic acids is 1. The maximum atomic E-state index is 12.1. The van der Waals surface area contributed by atoms with E-state index in [0.29, 0.717) is 5.92 Å². The topological polar surface area (TPSA) is 59.0 Å². The molecule has 5 nitrogen and oxygen atoms in total. The van der Waals surface area contributed by atoms with Crippen molar-refractivity contribution in [2.24, 2.45) is 11.8 Å². The number of rotatable bonds is 4. The molecule has 5 heteroatoms. The lowest BCUT2D eigenvalue weighted by atomic mass is 9.88. The molecule has 2 aromatic rings. The lowest BCUT2D eigenvalue weighted by molar-refractivity contribution is -0.121.